The highest BCUT2D eigenvalue weighted by atomic mass is 35.5. The number of hydrogen-bond donors (Lipinski definition) is 1. The molecule has 1 saturated heterocycles. The minimum atomic E-state index is -0.256. The molecule has 166 valence electrons. The minimum Gasteiger partial charge on any atom is -0.346 e. The number of carbonyl (C=O) groups is 3. The molecule has 1 N–H and O–H groups in total. The van der Waals surface area contributed by atoms with Gasteiger partial charge in [-0.1, -0.05) is 31.0 Å². The number of piperidine rings is 1. The van der Waals surface area contributed by atoms with E-state index in [4.69, 9.17) is 11.6 Å². The number of likely N-dealkylation sites (tertiary alicyclic amines) is 1. The second-order valence-electron chi connectivity index (χ2n) is 7.81. The van der Waals surface area contributed by atoms with E-state index in [1.165, 1.54) is 11.3 Å². The third-order valence-electron chi connectivity index (χ3n) is 5.56. The molecule has 0 aliphatic carbocycles. The van der Waals surface area contributed by atoms with Crippen LogP contribution in [0.4, 0.5) is 5.69 Å². The molecule has 1 fully saturated rings. The van der Waals surface area contributed by atoms with Gasteiger partial charge in [0, 0.05) is 38.2 Å². The molecule has 0 unspecified atom stereocenters. The van der Waals surface area contributed by atoms with Crippen molar-refractivity contribution < 1.29 is 14.4 Å². The number of rotatable bonds is 7. The predicted octanol–water partition coefficient (Wildman–Crippen LogP) is 4.76. The molecular weight excluding hydrogens is 434 g/mol. The van der Waals surface area contributed by atoms with Crippen molar-refractivity contribution in [3.05, 3.63) is 51.2 Å². The van der Waals surface area contributed by atoms with Crippen LogP contribution in [0.2, 0.25) is 5.02 Å². The van der Waals surface area contributed by atoms with E-state index in [1.807, 2.05) is 17.3 Å². The maximum atomic E-state index is 13.0. The van der Waals surface area contributed by atoms with Crippen molar-refractivity contribution in [3.8, 4) is 0 Å². The lowest BCUT2D eigenvalue weighted by Crippen LogP contribution is -2.43. The molecule has 0 atom stereocenters. The van der Waals surface area contributed by atoms with Gasteiger partial charge in [0.25, 0.3) is 11.8 Å². The number of hydrogen-bond acceptors (Lipinski definition) is 4. The fraction of sp³-hybridized carbons (Fsp3) is 0.435. The Morgan fingerprint density at radius 3 is 2.61 bits per heavy atom. The third kappa shape index (κ3) is 5.86. The second-order valence-corrected chi connectivity index (χ2v) is 9.16. The molecule has 1 aromatic heterocycles. The van der Waals surface area contributed by atoms with Crippen LogP contribution in [-0.4, -0.2) is 54.2 Å². The van der Waals surface area contributed by atoms with E-state index in [9.17, 15) is 14.4 Å². The van der Waals surface area contributed by atoms with E-state index in [0.717, 1.165) is 19.4 Å². The van der Waals surface area contributed by atoms with Gasteiger partial charge in [-0.3, -0.25) is 14.4 Å². The molecule has 2 heterocycles. The van der Waals surface area contributed by atoms with Gasteiger partial charge in [-0.15, -0.1) is 11.3 Å². The molecule has 0 spiro atoms. The predicted molar refractivity (Wildman–Crippen MR) is 125 cm³/mol. The van der Waals surface area contributed by atoms with E-state index in [2.05, 4.69) is 12.2 Å². The topological polar surface area (TPSA) is 69.7 Å². The number of halogens is 1. The van der Waals surface area contributed by atoms with Gasteiger partial charge in [0.1, 0.15) is 0 Å². The van der Waals surface area contributed by atoms with Gasteiger partial charge in [-0.05, 0) is 48.9 Å². The lowest BCUT2D eigenvalue weighted by molar-refractivity contribution is -0.135. The molecular formula is C23H28ClN3O3S. The van der Waals surface area contributed by atoms with Crippen molar-refractivity contribution in [1.82, 2.24) is 9.80 Å². The number of thiophene rings is 1. The van der Waals surface area contributed by atoms with Crippen molar-refractivity contribution in [1.29, 1.82) is 0 Å². The van der Waals surface area contributed by atoms with Gasteiger partial charge in [0.2, 0.25) is 5.91 Å². The van der Waals surface area contributed by atoms with E-state index in [-0.39, 0.29) is 23.6 Å². The summed E-state index contributed by atoms with van der Waals surface area (Å²) in [6.07, 6.45) is 3.39. The maximum absolute atomic E-state index is 13.0. The number of unbranched alkanes of at least 4 members (excludes halogenated alkanes) is 1. The fourth-order valence-corrected chi connectivity index (χ4v) is 4.46. The smallest absolute Gasteiger partial charge is 0.265 e. The van der Waals surface area contributed by atoms with Gasteiger partial charge in [-0.2, -0.15) is 0 Å². The van der Waals surface area contributed by atoms with E-state index in [1.54, 1.807) is 35.2 Å². The number of nitrogens with one attached hydrogen (secondary N) is 1. The third-order valence-corrected chi connectivity index (χ3v) is 6.76. The number of nitrogens with zero attached hydrogens (tertiary/aromatic N) is 2. The van der Waals surface area contributed by atoms with Crippen LogP contribution in [0.5, 0.6) is 0 Å². The van der Waals surface area contributed by atoms with Crippen molar-refractivity contribution >= 4 is 46.3 Å². The molecule has 31 heavy (non-hydrogen) atoms. The van der Waals surface area contributed by atoms with Gasteiger partial charge in [0.05, 0.1) is 15.6 Å². The van der Waals surface area contributed by atoms with Gasteiger partial charge < -0.3 is 15.1 Å². The first-order valence-corrected chi connectivity index (χ1v) is 11.8. The molecule has 3 amide bonds. The van der Waals surface area contributed by atoms with Crippen LogP contribution in [-0.2, 0) is 4.79 Å². The summed E-state index contributed by atoms with van der Waals surface area (Å²) >= 11 is 7.57. The molecule has 6 nitrogen and oxygen atoms in total. The standard InChI is InChI=1S/C23H28ClN3O3S/c1-3-4-11-26(2)22(29)16-9-12-27(13-10-16)23(30)17-7-8-18(24)19(15-17)25-21(28)20-6-5-14-31-20/h5-8,14-16H,3-4,9-13H2,1-2H3,(H,25,28). The largest absolute Gasteiger partial charge is 0.346 e. The van der Waals surface area contributed by atoms with E-state index in [0.29, 0.717) is 47.1 Å². The zero-order chi connectivity index (χ0) is 22.4. The number of amides is 3. The number of carbonyl (C=O) groups excluding carboxylic acids is 3. The van der Waals surface area contributed by atoms with Gasteiger partial charge >= 0.3 is 0 Å². The summed E-state index contributed by atoms with van der Waals surface area (Å²) in [5.74, 6) is -0.232. The van der Waals surface area contributed by atoms with Gasteiger partial charge in [0.15, 0.2) is 0 Å². The van der Waals surface area contributed by atoms with Crippen LogP contribution >= 0.6 is 22.9 Å². The van der Waals surface area contributed by atoms with Gasteiger partial charge in [-0.25, -0.2) is 0 Å². The normalized spacial score (nSPS) is 14.4. The fourth-order valence-electron chi connectivity index (χ4n) is 3.68. The summed E-state index contributed by atoms with van der Waals surface area (Å²) in [6.45, 7) is 3.96. The monoisotopic (exact) mass is 461 g/mol. The van der Waals surface area contributed by atoms with Crippen LogP contribution in [0.3, 0.4) is 0 Å². The Hall–Kier alpha value is -2.38. The SMILES string of the molecule is CCCCN(C)C(=O)C1CCN(C(=O)c2ccc(Cl)c(NC(=O)c3cccs3)c2)CC1. The molecule has 0 radical (unpaired) electrons. The van der Waals surface area contributed by atoms with Crippen molar-refractivity contribution in [2.24, 2.45) is 5.92 Å². The average Bonchev–Trinajstić information content (AvgIpc) is 3.33. The Labute approximate surface area is 192 Å². The first-order valence-electron chi connectivity index (χ1n) is 10.6. The number of benzene rings is 1. The van der Waals surface area contributed by atoms with Crippen LogP contribution in [0, 0.1) is 5.92 Å². The zero-order valence-electron chi connectivity index (χ0n) is 17.9. The number of anilines is 1. The summed E-state index contributed by atoms with van der Waals surface area (Å²) < 4.78 is 0. The summed E-state index contributed by atoms with van der Waals surface area (Å²) in [6, 6.07) is 8.44. The highest BCUT2D eigenvalue weighted by molar-refractivity contribution is 7.12. The van der Waals surface area contributed by atoms with E-state index >= 15 is 0 Å². The lowest BCUT2D eigenvalue weighted by atomic mass is 9.94. The maximum Gasteiger partial charge on any atom is 0.265 e. The van der Waals surface area contributed by atoms with Crippen LogP contribution in [0.25, 0.3) is 0 Å². The van der Waals surface area contributed by atoms with Crippen molar-refractivity contribution in [2.75, 3.05) is 32.0 Å². The Kier molecular flexibility index (Phi) is 8.09. The molecule has 0 saturated carbocycles. The average molecular weight is 462 g/mol. The molecule has 3 rings (SSSR count). The highest BCUT2D eigenvalue weighted by Crippen LogP contribution is 2.27. The zero-order valence-corrected chi connectivity index (χ0v) is 19.5. The summed E-state index contributed by atoms with van der Waals surface area (Å²) in [5.41, 5.74) is 0.879. The lowest BCUT2D eigenvalue weighted by Gasteiger charge is -2.33. The molecule has 1 aromatic carbocycles. The summed E-state index contributed by atoms with van der Waals surface area (Å²) in [7, 11) is 1.86. The molecule has 0 bridgehead atoms. The summed E-state index contributed by atoms with van der Waals surface area (Å²) in [4.78, 5) is 42.1. The van der Waals surface area contributed by atoms with Crippen molar-refractivity contribution in [3.63, 3.8) is 0 Å². The molecule has 8 heteroatoms. The van der Waals surface area contributed by atoms with Crippen LogP contribution in [0.1, 0.15) is 52.6 Å². The minimum absolute atomic E-state index is 0.0308. The highest BCUT2D eigenvalue weighted by Gasteiger charge is 2.29. The quantitative estimate of drug-likeness (QED) is 0.646. The summed E-state index contributed by atoms with van der Waals surface area (Å²) in [5, 5.41) is 4.98. The van der Waals surface area contributed by atoms with Crippen molar-refractivity contribution in [2.45, 2.75) is 32.6 Å². The van der Waals surface area contributed by atoms with E-state index < -0.39 is 0 Å². The second kappa shape index (κ2) is 10.8. The molecule has 1 aliphatic rings. The Balaban J connectivity index is 1.61. The Morgan fingerprint density at radius 1 is 1.23 bits per heavy atom. The Bertz CT molecular complexity index is 924. The first kappa shape index (κ1) is 23.3. The molecule has 1 aliphatic heterocycles. The first-order chi connectivity index (χ1) is 14.9. The van der Waals surface area contributed by atoms with Crippen LogP contribution < -0.4 is 5.32 Å². The van der Waals surface area contributed by atoms with Crippen LogP contribution in [0.15, 0.2) is 35.7 Å². The Morgan fingerprint density at radius 2 is 1.97 bits per heavy atom. The molecule has 2 aromatic rings.